The van der Waals surface area contributed by atoms with Crippen LogP contribution in [-0.4, -0.2) is 18.4 Å². The Kier molecular flexibility index (Phi) is 3.19. The number of nitrogens with one attached hydrogen (secondary N) is 1. The minimum Gasteiger partial charge on any atom is -0.397 e. The van der Waals surface area contributed by atoms with Crippen LogP contribution in [0.3, 0.4) is 0 Å². The Hall–Kier alpha value is -2.67. The molecule has 0 amide bonds. The Morgan fingerprint density at radius 3 is 2.62 bits per heavy atom. The molecule has 3 rings (SSSR count). The van der Waals surface area contributed by atoms with E-state index in [-0.39, 0.29) is 10.7 Å². The van der Waals surface area contributed by atoms with Crippen molar-refractivity contribution in [2.75, 3.05) is 10.5 Å². The van der Waals surface area contributed by atoms with Gasteiger partial charge in [-0.3, -0.25) is 9.71 Å². The first-order valence-corrected chi connectivity index (χ1v) is 7.63. The number of nitrogens with zero attached hydrogens (tertiary/aromatic N) is 2. The molecule has 3 aromatic rings. The molecule has 0 aliphatic heterocycles. The molecular formula is C14H12N4O2S. The van der Waals surface area contributed by atoms with Crippen LogP contribution in [0, 0.1) is 0 Å². The number of fused-ring (bicyclic) bond motifs is 1. The summed E-state index contributed by atoms with van der Waals surface area (Å²) in [5, 5.41) is 0.558. The average Bonchev–Trinajstić information content (AvgIpc) is 2.49. The molecule has 1 aromatic carbocycles. The van der Waals surface area contributed by atoms with Crippen LogP contribution >= 0.6 is 0 Å². The van der Waals surface area contributed by atoms with Crippen LogP contribution in [0.2, 0.25) is 0 Å². The molecule has 0 bridgehead atoms. The number of sulfonamides is 1. The van der Waals surface area contributed by atoms with Crippen molar-refractivity contribution in [1.29, 1.82) is 0 Å². The highest BCUT2D eigenvalue weighted by Gasteiger charge is 2.18. The van der Waals surface area contributed by atoms with E-state index in [2.05, 4.69) is 14.7 Å². The predicted octanol–water partition coefficient (Wildman–Crippen LogP) is 2.01. The van der Waals surface area contributed by atoms with E-state index in [1.165, 1.54) is 18.3 Å². The van der Waals surface area contributed by atoms with E-state index in [1.54, 1.807) is 36.5 Å². The van der Waals surface area contributed by atoms with Gasteiger partial charge in [0, 0.05) is 11.6 Å². The minimum atomic E-state index is -3.75. The summed E-state index contributed by atoms with van der Waals surface area (Å²) < 4.78 is 27.4. The zero-order valence-electron chi connectivity index (χ0n) is 10.9. The molecule has 7 heteroatoms. The summed E-state index contributed by atoms with van der Waals surface area (Å²) in [7, 11) is -3.75. The standard InChI is InChI=1S/C14H12N4O2S/c15-10-6-7-14(17-9-10)18-21(19,20)13-5-1-4-12-11(13)3-2-8-16-12/h1-9H,15H2,(H,17,18). The highest BCUT2D eigenvalue weighted by molar-refractivity contribution is 7.93. The molecule has 0 spiro atoms. The first kappa shape index (κ1) is 13.3. The van der Waals surface area contributed by atoms with Crippen LogP contribution < -0.4 is 10.5 Å². The van der Waals surface area contributed by atoms with Gasteiger partial charge in [0.2, 0.25) is 0 Å². The molecule has 2 aromatic heterocycles. The number of hydrogen-bond donors (Lipinski definition) is 2. The zero-order chi connectivity index (χ0) is 14.9. The maximum atomic E-state index is 12.5. The van der Waals surface area contributed by atoms with Crippen molar-refractivity contribution in [2.24, 2.45) is 0 Å². The highest BCUT2D eigenvalue weighted by atomic mass is 32.2. The van der Waals surface area contributed by atoms with Gasteiger partial charge in [-0.25, -0.2) is 13.4 Å². The van der Waals surface area contributed by atoms with Gasteiger partial charge in [0.05, 0.1) is 22.3 Å². The van der Waals surface area contributed by atoms with E-state index in [4.69, 9.17) is 5.73 Å². The van der Waals surface area contributed by atoms with Crippen LogP contribution in [0.1, 0.15) is 0 Å². The molecule has 3 N–H and O–H groups in total. The monoisotopic (exact) mass is 300 g/mol. The third kappa shape index (κ3) is 2.63. The summed E-state index contributed by atoms with van der Waals surface area (Å²) in [5.74, 6) is 0.213. The maximum Gasteiger partial charge on any atom is 0.263 e. The van der Waals surface area contributed by atoms with E-state index in [0.29, 0.717) is 16.6 Å². The minimum absolute atomic E-state index is 0.159. The third-order valence-corrected chi connectivity index (χ3v) is 4.33. The average molecular weight is 300 g/mol. The van der Waals surface area contributed by atoms with Crippen LogP contribution in [0.25, 0.3) is 10.9 Å². The fourth-order valence-corrected chi connectivity index (χ4v) is 3.19. The Bertz CT molecular complexity index is 887. The molecule has 0 saturated carbocycles. The summed E-state index contributed by atoms with van der Waals surface area (Å²) in [4.78, 5) is 8.25. The van der Waals surface area contributed by atoms with Crippen LogP contribution in [0.15, 0.2) is 59.8 Å². The van der Waals surface area contributed by atoms with Gasteiger partial charge in [0.15, 0.2) is 0 Å². The molecule has 6 nitrogen and oxygen atoms in total. The first-order valence-electron chi connectivity index (χ1n) is 6.14. The Morgan fingerprint density at radius 1 is 1.00 bits per heavy atom. The molecule has 0 saturated heterocycles. The summed E-state index contributed by atoms with van der Waals surface area (Å²) >= 11 is 0. The smallest absolute Gasteiger partial charge is 0.263 e. The van der Waals surface area contributed by atoms with Crippen molar-refractivity contribution in [3.8, 4) is 0 Å². The molecule has 21 heavy (non-hydrogen) atoms. The third-order valence-electron chi connectivity index (χ3n) is 2.92. The van der Waals surface area contributed by atoms with Gasteiger partial charge >= 0.3 is 0 Å². The van der Waals surface area contributed by atoms with Gasteiger partial charge in [-0.15, -0.1) is 0 Å². The summed E-state index contributed by atoms with van der Waals surface area (Å²) in [6.07, 6.45) is 3.01. The largest absolute Gasteiger partial charge is 0.397 e. The van der Waals surface area contributed by atoms with E-state index < -0.39 is 10.0 Å². The van der Waals surface area contributed by atoms with Gasteiger partial charge in [-0.05, 0) is 36.4 Å². The van der Waals surface area contributed by atoms with Crippen molar-refractivity contribution < 1.29 is 8.42 Å². The molecule has 0 fully saturated rings. The molecule has 0 aliphatic carbocycles. The number of hydrogen-bond acceptors (Lipinski definition) is 5. The van der Waals surface area contributed by atoms with Crippen molar-refractivity contribution in [3.05, 3.63) is 54.9 Å². The number of anilines is 2. The lowest BCUT2D eigenvalue weighted by Crippen LogP contribution is -2.14. The van der Waals surface area contributed by atoms with Gasteiger partial charge in [0.1, 0.15) is 5.82 Å². The second-order valence-electron chi connectivity index (χ2n) is 4.41. The van der Waals surface area contributed by atoms with Crippen LogP contribution in [-0.2, 0) is 10.0 Å². The number of pyridine rings is 2. The molecule has 0 aliphatic rings. The van der Waals surface area contributed by atoms with Gasteiger partial charge in [-0.1, -0.05) is 6.07 Å². The maximum absolute atomic E-state index is 12.5. The van der Waals surface area contributed by atoms with Crippen molar-refractivity contribution in [1.82, 2.24) is 9.97 Å². The topological polar surface area (TPSA) is 98.0 Å². The molecule has 0 unspecified atom stereocenters. The van der Waals surface area contributed by atoms with Gasteiger partial charge < -0.3 is 5.73 Å². The van der Waals surface area contributed by atoms with Crippen molar-refractivity contribution in [3.63, 3.8) is 0 Å². The van der Waals surface area contributed by atoms with Gasteiger partial charge in [0.25, 0.3) is 10.0 Å². The second-order valence-corrected chi connectivity index (χ2v) is 6.06. The van der Waals surface area contributed by atoms with Crippen LogP contribution in [0.4, 0.5) is 11.5 Å². The lowest BCUT2D eigenvalue weighted by molar-refractivity contribution is 0.602. The number of rotatable bonds is 3. The number of nitrogen functional groups attached to an aromatic ring is 1. The predicted molar refractivity (Wildman–Crippen MR) is 81.2 cm³/mol. The molecule has 0 atom stereocenters. The fourth-order valence-electron chi connectivity index (χ4n) is 1.97. The van der Waals surface area contributed by atoms with E-state index in [0.717, 1.165) is 0 Å². The summed E-state index contributed by atoms with van der Waals surface area (Å²) in [5.41, 5.74) is 6.61. The normalized spacial score (nSPS) is 11.4. The fraction of sp³-hybridized carbons (Fsp3) is 0. The van der Waals surface area contributed by atoms with E-state index >= 15 is 0 Å². The Labute approximate surface area is 121 Å². The molecule has 2 heterocycles. The highest BCUT2D eigenvalue weighted by Crippen LogP contribution is 2.23. The number of aromatic nitrogens is 2. The number of nitrogens with two attached hydrogens (primary N) is 1. The van der Waals surface area contributed by atoms with E-state index in [1.807, 2.05) is 0 Å². The summed E-state index contributed by atoms with van der Waals surface area (Å²) in [6.45, 7) is 0. The van der Waals surface area contributed by atoms with Crippen molar-refractivity contribution in [2.45, 2.75) is 4.90 Å². The second kappa shape index (κ2) is 5.02. The SMILES string of the molecule is Nc1ccc(NS(=O)(=O)c2cccc3ncccc23)nc1. The van der Waals surface area contributed by atoms with Crippen LogP contribution in [0.5, 0.6) is 0 Å². The van der Waals surface area contributed by atoms with Crippen molar-refractivity contribution >= 4 is 32.4 Å². The molecule has 0 radical (unpaired) electrons. The summed E-state index contributed by atoms with van der Waals surface area (Å²) in [6, 6.07) is 11.4. The zero-order valence-corrected chi connectivity index (χ0v) is 11.7. The van der Waals surface area contributed by atoms with E-state index in [9.17, 15) is 8.42 Å². The quantitative estimate of drug-likeness (QED) is 0.771. The first-order chi connectivity index (χ1) is 10.1. The van der Waals surface area contributed by atoms with Gasteiger partial charge in [-0.2, -0.15) is 0 Å². The molecule has 106 valence electrons. The Morgan fingerprint density at radius 2 is 1.86 bits per heavy atom. The lowest BCUT2D eigenvalue weighted by Gasteiger charge is -2.09. The number of benzene rings is 1. The molecular weight excluding hydrogens is 288 g/mol. The Balaban J connectivity index is 2.06. The lowest BCUT2D eigenvalue weighted by atomic mass is 10.2.